The number of fused-ring (bicyclic) bond motifs is 1. The third-order valence-corrected chi connectivity index (χ3v) is 5.24. The number of hydrogen-bond donors (Lipinski definition) is 1. The van der Waals surface area contributed by atoms with Gasteiger partial charge in [-0.25, -0.2) is 0 Å². The van der Waals surface area contributed by atoms with Crippen molar-refractivity contribution >= 4 is 29.3 Å². The maximum atomic E-state index is 13.2. The second-order valence-corrected chi connectivity index (χ2v) is 7.17. The average Bonchev–Trinajstić information content (AvgIpc) is 3.20. The quantitative estimate of drug-likeness (QED) is 0.734. The first-order valence-corrected chi connectivity index (χ1v) is 9.45. The minimum Gasteiger partial charge on any atom is -0.467 e. The molecule has 0 bridgehead atoms. The van der Waals surface area contributed by atoms with E-state index in [0.717, 1.165) is 10.5 Å². The maximum absolute atomic E-state index is 13.2. The highest BCUT2D eigenvalue weighted by Gasteiger charge is 2.21. The summed E-state index contributed by atoms with van der Waals surface area (Å²) in [7, 11) is 0. The van der Waals surface area contributed by atoms with Crippen molar-refractivity contribution in [3.8, 4) is 0 Å². The van der Waals surface area contributed by atoms with E-state index < -0.39 is 0 Å². The standard InChI is InChI=1S/C20H17N3O3S/c24-19-13-27-18-6-5-15(9-17(18)22-19)20(25)23(12-16-4-2-8-26-16)11-14-3-1-7-21-10-14/h1-10H,11-13H2,(H,22,24). The molecule has 0 spiro atoms. The van der Waals surface area contributed by atoms with Crippen LogP contribution in [0.1, 0.15) is 21.7 Å². The normalized spacial score (nSPS) is 13.0. The molecule has 0 atom stereocenters. The molecule has 0 unspecified atom stereocenters. The lowest BCUT2D eigenvalue weighted by atomic mass is 10.1. The van der Waals surface area contributed by atoms with Gasteiger partial charge >= 0.3 is 0 Å². The van der Waals surface area contributed by atoms with E-state index in [4.69, 9.17) is 4.42 Å². The third-order valence-electron chi connectivity index (χ3n) is 4.17. The van der Waals surface area contributed by atoms with Crippen LogP contribution in [0.15, 0.2) is 70.4 Å². The van der Waals surface area contributed by atoms with Crippen LogP contribution in [-0.2, 0) is 17.9 Å². The van der Waals surface area contributed by atoms with Gasteiger partial charge in [0.1, 0.15) is 5.76 Å². The summed E-state index contributed by atoms with van der Waals surface area (Å²) < 4.78 is 5.42. The van der Waals surface area contributed by atoms with Gasteiger partial charge in [0.2, 0.25) is 5.91 Å². The van der Waals surface area contributed by atoms with Crippen molar-refractivity contribution in [1.29, 1.82) is 0 Å². The lowest BCUT2D eigenvalue weighted by Crippen LogP contribution is -2.30. The van der Waals surface area contributed by atoms with Gasteiger partial charge in [-0.1, -0.05) is 6.07 Å². The van der Waals surface area contributed by atoms with Crippen LogP contribution in [0.25, 0.3) is 0 Å². The molecule has 0 fully saturated rings. The summed E-state index contributed by atoms with van der Waals surface area (Å²) in [6, 6.07) is 12.8. The molecule has 136 valence electrons. The molecule has 4 rings (SSSR count). The first-order chi connectivity index (χ1) is 13.2. The van der Waals surface area contributed by atoms with E-state index in [1.165, 1.54) is 11.8 Å². The minimum atomic E-state index is -0.136. The Kier molecular flexibility index (Phi) is 4.93. The number of nitrogens with zero attached hydrogens (tertiary/aromatic N) is 2. The van der Waals surface area contributed by atoms with E-state index in [2.05, 4.69) is 10.3 Å². The Labute approximate surface area is 160 Å². The number of rotatable bonds is 5. The molecule has 0 saturated heterocycles. The van der Waals surface area contributed by atoms with E-state index in [1.54, 1.807) is 41.8 Å². The van der Waals surface area contributed by atoms with Crippen LogP contribution in [-0.4, -0.2) is 27.5 Å². The number of thioether (sulfide) groups is 1. The van der Waals surface area contributed by atoms with Crippen molar-refractivity contribution < 1.29 is 14.0 Å². The molecule has 1 N–H and O–H groups in total. The summed E-state index contributed by atoms with van der Waals surface area (Å²) in [6.07, 6.45) is 5.03. The van der Waals surface area contributed by atoms with Crippen LogP contribution in [0.4, 0.5) is 5.69 Å². The first kappa shape index (κ1) is 17.4. The van der Waals surface area contributed by atoms with Crippen molar-refractivity contribution in [3.05, 3.63) is 78.0 Å². The molecule has 1 aliphatic heterocycles. The number of carbonyl (C=O) groups excluding carboxylic acids is 2. The van der Waals surface area contributed by atoms with Crippen molar-refractivity contribution in [1.82, 2.24) is 9.88 Å². The Hall–Kier alpha value is -3.06. The van der Waals surface area contributed by atoms with Crippen LogP contribution in [0.3, 0.4) is 0 Å². The Morgan fingerprint density at radius 1 is 1.22 bits per heavy atom. The fourth-order valence-corrected chi connectivity index (χ4v) is 3.69. The number of pyridine rings is 1. The zero-order valence-corrected chi connectivity index (χ0v) is 15.2. The number of carbonyl (C=O) groups is 2. The zero-order valence-electron chi connectivity index (χ0n) is 14.4. The van der Waals surface area contributed by atoms with Crippen LogP contribution in [0, 0.1) is 0 Å². The molecule has 0 saturated carbocycles. The van der Waals surface area contributed by atoms with Gasteiger partial charge < -0.3 is 14.6 Å². The molecule has 1 aliphatic rings. The molecule has 6 nitrogen and oxygen atoms in total. The van der Waals surface area contributed by atoms with E-state index >= 15 is 0 Å². The predicted molar refractivity (Wildman–Crippen MR) is 102 cm³/mol. The molecule has 1 aromatic carbocycles. The van der Waals surface area contributed by atoms with Crippen molar-refractivity contribution in [2.24, 2.45) is 0 Å². The molecular formula is C20H17N3O3S. The molecule has 7 heteroatoms. The molecule has 2 aromatic heterocycles. The smallest absolute Gasteiger partial charge is 0.254 e. The lowest BCUT2D eigenvalue weighted by molar-refractivity contribution is -0.113. The summed E-state index contributed by atoms with van der Waals surface area (Å²) in [5, 5.41) is 2.83. The average molecular weight is 379 g/mol. The Morgan fingerprint density at radius 2 is 2.15 bits per heavy atom. The second-order valence-electron chi connectivity index (χ2n) is 6.15. The highest BCUT2D eigenvalue weighted by Crippen LogP contribution is 2.32. The fraction of sp³-hybridized carbons (Fsp3) is 0.150. The van der Waals surface area contributed by atoms with E-state index in [0.29, 0.717) is 35.9 Å². The van der Waals surface area contributed by atoms with E-state index in [-0.39, 0.29) is 11.8 Å². The van der Waals surface area contributed by atoms with Crippen LogP contribution in [0.2, 0.25) is 0 Å². The Morgan fingerprint density at radius 3 is 2.93 bits per heavy atom. The van der Waals surface area contributed by atoms with E-state index in [9.17, 15) is 9.59 Å². The van der Waals surface area contributed by atoms with Crippen molar-refractivity contribution in [2.45, 2.75) is 18.0 Å². The fourth-order valence-electron chi connectivity index (χ4n) is 2.90. The number of aromatic nitrogens is 1. The molecule has 27 heavy (non-hydrogen) atoms. The van der Waals surface area contributed by atoms with Gasteiger partial charge in [0, 0.05) is 29.4 Å². The highest BCUT2D eigenvalue weighted by atomic mass is 32.2. The van der Waals surface area contributed by atoms with Crippen molar-refractivity contribution in [2.75, 3.05) is 11.1 Å². The van der Waals surface area contributed by atoms with Crippen molar-refractivity contribution in [3.63, 3.8) is 0 Å². The summed E-state index contributed by atoms with van der Waals surface area (Å²) >= 11 is 1.47. The van der Waals surface area contributed by atoms with Gasteiger partial charge in [-0.05, 0) is 42.0 Å². The summed E-state index contributed by atoms with van der Waals surface area (Å²) in [5.41, 5.74) is 2.13. The third kappa shape index (κ3) is 4.03. The molecule has 2 amide bonds. The lowest BCUT2D eigenvalue weighted by Gasteiger charge is -2.23. The highest BCUT2D eigenvalue weighted by molar-refractivity contribution is 8.00. The number of benzene rings is 1. The minimum absolute atomic E-state index is 0.0556. The monoisotopic (exact) mass is 379 g/mol. The zero-order chi connectivity index (χ0) is 18.6. The van der Waals surface area contributed by atoms with Crippen LogP contribution >= 0.6 is 11.8 Å². The number of furan rings is 1. The van der Waals surface area contributed by atoms with Crippen LogP contribution in [0.5, 0.6) is 0 Å². The Bertz CT molecular complexity index is 958. The number of amides is 2. The second kappa shape index (κ2) is 7.67. The summed E-state index contributed by atoms with van der Waals surface area (Å²) in [4.78, 5) is 31.6. The van der Waals surface area contributed by atoms with Gasteiger partial charge in [0.15, 0.2) is 0 Å². The number of anilines is 1. The molecular weight excluding hydrogens is 362 g/mol. The topological polar surface area (TPSA) is 75.4 Å². The SMILES string of the molecule is O=C1CSc2ccc(C(=O)N(Cc3cccnc3)Cc3ccco3)cc2N1. The number of nitrogens with one attached hydrogen (secondary N) is 1. The number of hydrogen-bond acceptors (Lipinski definition) is 5. The molecule has 0 radical (unpaired) electrons. The van der Waals surface area contributed by atoms with Gasteiger partial charge in [-0.2, -0.15) is 0 Å². The summed E-state index contributed by atoms with van der Waals surface area (Å²) in [5.74, 6) is 0.906. The van der Waals surface area contributed by atoms with Gasteiger partial charge in [0.05, 0.1) is 24.2 Å². The molecule has 3 aromatic rings. The van der Waals surface area contributed by atoms with Crippen LogP contribution < -0.4 is 5.32 Å². The summed E-state index contributed by atoms with van der Waals surface area (Å²) in [6.45, 7) is 0.754. The Balaban J connectivity index is 1.61. The first-order valence-electron chi connectivity index (χ1n) is 8.46. The maximum Gasteiger partial charge on any atom is 0.254 e. The molecule has 0 aliphatic carbocycles. The van der Waals surface area contributed by atoms with Gasteiger partial charge in [0.25, 0.3) is 5.91 Å². The van der Waals surface area contributed by atoms with Gasteiger partial charge in [-0.3, -0.25) is 14.6 Å². The largest absolute Gasteiger partial charge is 0.467 e. The molecule has 3 heterocycles. The predicted octanol–water partition coefficient (Wildman–Crippen LogP) is 3.56. The van der Waals surface area contributed by atoms with E-state index in [1.807, 2.05) is 24.3 Å². The van der Waals surface area contributed by atoms with Gasteiger partial charge in [-0.15, -0.1) is 11.8 Å².